The van der Waals surface area contributed by atoms with Gasteiger partial charge in [-0.2, -0.15) is 5.10 Å². The molecule has 6 heteroatoms. The maximum absolute atomic E-state index is 11.6. The van der Waals surface area contributed by atoms with E-state index in [-0.39, 0.29) is 5.97 Å². The van der Waals surface area contributed by atoms with Gasteiger partial charge in [-0.15, -0.1) is 0 Å². The third kappa shape index (κ3) is 4.08. The van der Waals surface area contributed by atoms with E-state index < -0.39 is 0 Å². The minimum atomic E-state index is -0.345. The highest BCUT2D eigenvalue weighted by Crippen LogP contribution is 2.26. The molecule has 0 atom stereocenters. The van der Waals surface area contributed by atoms with Gasteiger partial charge < -0.3 is 15.3 Å². The van der Waals surface area contributed by atoms with Gasteiger partial charge in [0.1, 0.15) is 11.5 Å². The van der Waals surface area contributed by atoms with Gasteiger partial charge in [0.2, 0.25) is 0 Å². The summed E-state index contributed by atoms with van der Waals surface area (Å²) in [7, 11) is 0. The van der Waals surface area contributed by atoms with Gasteiger partial charge in [0.25, 0.3) is 0 Å². The minimum Gasteiger partial charge on any atom is -0.462 e. The zero-order valence-electron chi connectivity index (χ0n) is 12.0. The first-order valence-corrected chi connectivity index (χ1v) is 7.41. The van der Waals surface area contributed by atoms with E-state index in [1.165, 1.54) is 0 Å². The predicted molar refractivity (Wildman–Crippen MR) is 88.4 cm³/mol. The second-order valence-corrected chi connectivity index (χ2v) is 5.16. The van der Waals surface area contributed by atoms with E-state index in [1.54, 1.807) is 43.5 Å². The maximum Gasteiger partial charge on any atom is 0.338 e. The molecular formula is C16H15BrN2O3. The smallest absolute Gasteiger partial charge is 0.338 e. The van der Waals surface area contributed by atoms with Crippen LogP contribution in [0.5, 0.6) is 11.5 Å². The van der Waals surface area contributed by atoms with Gasteiger partial charge in [-0.25, -0.2) is 4.79 Å². The normalized spacial score (nSPS) is 10.6. The number of carbonyl (C=O) groups is 1. The van der Waals surface area contributed by atoms with E-state index in [0.717, 1.165) is 10.0 Å². The molecule has 0 aliphatic rings. The van der Waals surface area contributed by atoms with Crippen molar-refractivity contribution in [2.24, 2.45) is 10.9 Å². The Balaban J connectivity index is 2.11. The highest BCUT2D eigenvalue weighted by atomic mass is 79.9. The zero-order chi connectivity index (χ0) is 15.9. The number of hydrogen-bond acceptors (Lipinski definition) is 5. The first-order chi connectivity index (χ1) is 10.6. The van der Waals surface area contributed by atoms with Crippen molar-refractivity contribution >= 4 is 28.1 Å². The second-order valence-electron chi connectivity index (χ2n) is 4.31. The Morgan fingerprint density at radius 2 is 1.91 bits per heavy atom. The topological polar surface area (TPSA) is 73.9 Å². The molecule has 0 heterocycles. The molecule has 2 rings (SSSR count). The third-order valence-corrected chi connectivity index (χ3v) is 3.47. The number of rotatable bonds is 5. The molecule has 5 nitrogen and oxygen atoms in total. The number of esters is 1. The molecule has 0 aliphatic heterocycles. The molecule has 0 radical (unpaired) electrons. The molecule has 0 aliphatic carbocycles. The Hall–Kier alpha value is -2.34. The van der Waals surface area contributed by atoms with Gasteiger partial charge in [-0.3, -0.25) is 0 Å². The fraction of sp³-hybridized carbons (Fsp3) is 0.125. The van der Waals surface area contributed by atoms with Crippen LogP contribution >= 0.6 is 15.9 Å². The van der Waals surface area contributed by atoms with E-state index in [1.807, 2.05) is 12.1 Å². The molecule has 2 N–H and O–H groups in total. The van der Waals surface area contributed by atoms with E-state index in [9.17, 15) is 4.79 Å². The Morgan fingerprint density at radius 1 is 1.23 bits per heavy atom. The zero-order valence-corrected chi connectivity index (χ0v) is 13.5. The number of ether oxygens (including phenoxy) is 2. The lowest BCUT2D eigenvalue weighted by Crippen LogP contribution is -2.04. The lowest BCUT2D eigenvalue weighted by molar-refractivity contribution is 0.0526. The van der Waals surface area contributed by atoms with Crippen molar-refractivity contribution in [3.63, 3.8) is 0 Å². The second kappa shape index (κ2) is 7.61. The van der Waals surface area contributed by atoms with Crippen LogP contribution in [0.15, 0.2) is 52.0 Å². The van der Waals surface area contributed by atoms with Gasteiger partial charge in [0.05, 0.1) is 18.4 Å². The summed E-state index contributed by atoms with van der Waals surface area (Å²) in [5.41, 5.74) is 1.34. The highest BCUT2D eigenvalue weighted by Gasteiger charge is 2.07. The van der Waals surface area contributed by atoms with Crippen LogP contribution in [0, 0.1) is 0 Å². The standard InChI is InChI=1S/C16H15BrN2O3/c1-2-21-16(20)11-3-6-13(7-4-11)22-14-8-5-12(10-19-18)15(17)9-14/h3-10H,2,18H2,1H3. The molecule has 0 saturated heterocycles. The Morgan fingerprint density at radius 3 is 2.50 bits per heavy atom. The van der Waals surface area contributed by atoms with Crippen molar-refractivity contribution in [1.29, 1.82) is 0 Å². The van der Waals surface area contributed by atoms with E-state index in [4.69, 9.17) is 15.3 Å². The van der Waals surface area contributed by atoms with Crippen molar-refractivity contribution in [2.75, 3.05) is 6.61 Å². The molecular weight excluding hydrogens is 348 g/mol. The Bertz CT molecular complexity index is 684. The van der Waals surface area contributed by atoms with Crippen molar-refractivity contribution in [3.05, 3.63) is 58.1 Å². The Labute approximate surface area is 136 Å². The molecule has 2 aromatic carbocycles. The molecule has 0 aromatic heterocycles. The van der Waals surface area contributed by atoms with Gasteiger partial charge in [0, 0.05) is 10.0 Å². The van der Waals surface area contributed by atoms with Crippen molar-refractivity contribution in [1.82, 2.24) is 0 Å². The van der Waals surface area contributed by atoms with E-state index >= 15 is 0 Å². The third-order valence-electron chi connectivity index (χ3n) is 2.79. The van der Waals surface area contributed by atoms with Gasteiger partial charge in [-0.05, 0) is 65.3 Å². The molecule has 0 unspecified atom stereocenters. The average molecular weight is 363 g/mol. The predicted octanol–water partition coefficient (Wildman–Crippen LogP) is 3.71. The SMILES string of the molecule is CCOC(=O)c1ccc(Oc2ccc(C=NN)c(Br)c2)cc1. The molecule has 0 fully saturated rings. The fourth-order valence-electron chi connectivity index (χ4n) is 1.77. The van der Waals surface area contributed by atoms with E-state index in [2.05, 4.69) is 21.0 Å². The van der Waals surface area contributed by atoms with Crippen molar-refractivity contribution in [2.45, 2.75) is 6.92 Å². The number of carbonyl (C=O) groups excluding carboxylic acids is 1. The summed E-state index contributed by atoms with van der Waals surface area (Å²) in [6.45, 7) is 2.12. The summed E-state index contributed by atoms with van der Waals surface area (Å²) >= 11 is 3.42. The number of benzene rings is 2. The largest absolute Gasteiger partial charge is 0.462 e. The Kier molecular flexibility index (Phi) is 5.55. The summed E-state index contributed by atoms with van der Waals surface area (Å²) in [6.07, 6.45) is 1.54. The van der Waals surface area contributed by atoms with Crippen LogP contribution in [0.25, 0.3) is 0 Å². The average Bonchev–Trinajstić information content (AvgIpc) is 2.51. The molecule has 22 heavy (non-hydrogen) atoms. The number of nitrogens with zero attached hydrogens (tertiary/aromatic N) is 1. The minimum absolute atomic E-state index is 0.345. The highest BCUT2D eigenvalue weighted by molar-refractivity contribution is 9.10. The van der Waals surface area contributed by atoms with Crippen molar-refractivity contribution in [3.8, 4) is 11.5 Å². The van der Waals surface area contributed by atoms with Crippen LogP contribution in [0.3, 0.4) is 0 Å². The van der Waals surface area contributed by atoms with Crippen LogP contribution in [0.4, 0.5) is 0 Å². The molecule has 114 valence electrons. The van der Waals surface area contributed by atoms with Gasteiger partial charge >= 0.3 is 5.97 Å². The molecule has 0 spiro atoms. The summed E-state index contributed by atoms with van der Waals surface area (Å²) in [5, 5.41) is 3.48. The summed E-state index contributed by atoms with van der Waals surface area (Å²) in [6, 6.07) is 12.2. The quantitative estimate of drug-likeness (QED) is 0.380. The summed E-state index contributed by atoms with van der Waals surface area (Å²) < 4.78 is 11.5. The molecule has 0 bridgehead atoms. The monoisotopic (exact) mass is 362 g/mol. The van der Waals surface area contributed by atoms with Crippen LogP contribution in [-0.4, -0.2) is 18.8 Å². The molecule has 0 amide bonds. The van der Waals surface area contributed by atoms with Gasteiger partial charge in [0.15, 0.2) is 0 Å². The lowest BCUT2D eigenvalue weighted by atomic mass is 10.2. The maximum atomic E-state index is 11.6. The van der Waals surface area contributed by atoms with Crippen LogP contribution in [-0.2, 0) is 4.74 Å². The van der Waals surface area contributed by atoms with Crippen LogP contribution in [0.1, 0.15) is 22.8 Å². The molecule has 2 aromatic rings. The van der Waals surface area contributed by atoms with Crippen LogP contribution < -0.4 is 10.6 Å². The summed E-state index contributed by atoms with van der Waals surface area (Å²) in [5.74, 6) is 6.07. The van der Waals surface area contributed by atoms with Crippen molar-refractivity contribution < 1.29 is 14.3 Å². The van der Waals surface area contributed by atoms with Gasteiger partial charge in [-0.1, -0.05) is 0 Å². The summed E-state index contributed by atoms with van der Waals surface area (Å²) in [4.78, 5) is 11.6. The first kappa shape index (κ1) is 16.0. The number of hydrogen-bond donors (Lipinski definition) is 1. The van der Waals surface area contributed by atoms with Crippen LogP contribution in [0.2, 0.25) is 0 Å². The number of halogens is 1. The fourth-order valence-corrected chi connectivity index (χ4v) is 2.23. The lowest BCUT2D eigenvalue weighted by Gasteiger charge is -2.08. The number of hydrazone groups is 1. The first-order valence-electron chi connectivity index (χ1n) is 6.62. The van der Waals surface area contributed by atoms with E-state index in [0.29, 0.717) is 23.7 Å². The molecule has 0 saturated carbocycles. The number of nitrogens with two attached hydrogens (primary N) is 1.